The molecule has 0 aliphatic carbocycles. The predicted octanol–water partition coefficient (Wildman–Crippen LogP) is 2.74. The van der Waals surface area contributed by atoms with Crippen molar-refractivity contribution < 1.29 is 13.9 Å². The Morgan fingerprint density at radius 1 is 1.44 bits per heavy atom. The van der Waals surface area contributed by atoms with Crippen LogP contribution in [-0.2, 0) is 0 Å². The maximum absolute atomic E-state index is 13.4. The molecule has 0 aliphatic heterocycles. The van der Waals surface area contributed by atoms with E-state index in [1.54, 1.807) is 12.1 Å². The Labute approximate surface area is 104 Å². The third-order valence-corrected chi connectivity index (χ3v) is 2.59. The number of nitrogens with one attached hydrogen (secondary N) is 1. The van der Waals surface area contributed by atoms with Gasteiger partial charge in [0.15, 0.2) is 11.6 Å². The van der Waals surface area contributed by atoms with Crippen molar-refractivity contribution in [3.05, 3.63) is 48.3 Å². The monoisotopic (exact) mass is 250 g/mol. The van der Waals surface area contributed by atoms with Gasteiger partial charge >= 0.3 is 0 Å². The van der Waals surface area contributed by atoms with Gasteiger partial charge < -0.3 is 14.8 Å². The summed E-state index contributed by atoms with van der Waals surface area (Å²) >= 11 is 0. The highest BCUT2D eigenvalue weighted by Crippen LogP contribution is 2.20. The smallest absolute Gasteiger partial charge is 0.165 e. The van der Waals surface area contributed by atoms with Crippen molar-refractivity contribution in [1.82, 2.24) is 4.98 Å². The summed E-state index contributed by atoms with van der Waals surface area (Å²) in [5, 5.41) is 12.8. The number of aliphatic hydroxyl groups is 1. The lowest BCUT2D eigenvalue weighted by atomic mass is 10.1. The number of hydrogen-bond donors (Lipinski definition) is 2. The molecule has 0 aliphatic rings. The minimum absolute atomic E-state index is 0.130. The van der Waals surface area contributed by atoms with E-state index in [1.165, 1.54) is 24.6 Å². The SMILES string of the molecule is C[C@H](C[C@@H](O)c1ccco1)Nc1ncccc1F. The highest BCUT2D eigenvalue weighted by atomic mass is 19.1. The quantitative estimate of drug-likeness (QED) is 0.856. The number of rotatable bonds is 5. The van der Waals surface area contributed by atoms with E-state index in [2.05, 4.69) is 10.3 Å². The third-order valence-electron chi connectivity index (χ3n) is 2.59. The van der Waals surface area contributed by atoms with Crippen LogP contribution in [0.25, 0.3) is 0 Å². The minimum atomic E-state index is -0.714. The van der Waals surface area contributed by atoms with Crippen LogP contribution in [0, 0.1) is 5.82 Å². The van der Waals surface area contributed by atoms with E-state index in [0.29, 0.717) is 12.2 Å². The first-order chi connectivity index (χ1) is 8.66. The molecule has 0 bridgehead atoms. The fourth-order valence-corrected chi connectivity index (χ4v) is 1.72. The van der Waals surface area contributed by atoms with Gasteiger partial charge in [-0.15, -0.1) is 0 Å². The zero-order valence-corrected chi connectivity index (χ0v) is 10.0. The van der Waals surface area contributed by atoms with Crippen LogP contribution < -0.4 is 5.32 Å². The lowest BCUT2D eigenvalue weighted by molar-refractivity contribution is 0.136. The Hall–Kier alpha value is -1.88. The van der Waals surface area contributed by atoms with Crippen molar-refractivity contribution in [2.24, 2.45) is 0 Å². The van der Waals surface area contributed by atoms with E-state index in [1.807, 2.05) is 6.92 Å². The molecule has 2 heterocycles. The lowest BCUT2D eigenvalue weighted by Crippen LogP contribution is -2.20. The number of aliphatic hydroxyl groups excluding tert-OH is 1. The molecule has 2 aromatic heterocycles. The van der Waals surface area contributed by atoms with Gasteiger partial charge in [0, 0.05) is 18.7 Å². The Morgan fingerprint density at radius 3 is 2.94 bits per heavy atom. The van der Waals surface area contributed by atoms with Gasteiger partial charge in [-0.1, -0.05) is 0 Å². The molecule has 0 aromatic carbocycles. The van der Waals surface area contributed by atoms with E-state index in [9.17, 15) is 9.50 Å². The first-order valence-corrected chi connectivity index (χ1v) is 5.75. The molecule has 2 N–H and O–H groups in total. The molecule has 5 heteroatoms. The molecule has 96 valence electrons. The molecule has 0 unspecified atom stereocenters. The van der Waals surface area contributed by atoms with Crippen molar-refractivity contribution in [3.8, 4) is 0 Å². The van der Waals surface area contributed by atoms with Gasteiger partial charge in [0.05, 0.1) is 6.26 Å². The molecule has 0 spiro atoms. The second-order valence-corrected chi connectivity index (χ2v) is 4.15. The van der Waals surface area contributed by atoms with Crippen molar-refractivity contribution in [1.29, 1.82) is 0 Å². The molecule has 0 fully saturated rings. The van der Waals surface area contributed by atoms with Crippen molar-refractivity contribution in [2.45, 2.75) is 25.5 Å². The van der Waals surface area contributed by atoms with E-state index >= 15 is 0 Å². The van der Waals surface area contributed by atoms with E-state index < -0.39 is 11.9 Å². The maximum Gasteiger partial charge on any atom is 0.165 e. The van der Waals surface area contributed by atoms with Gasteiger partial charge in [0.2, 0.25) is 0 Å². The summed E-state index contributed by atoms with van der Waals surface area (Å²) in [5.74, 6) is 0.290. The average Bonchev–Trinajstić information content (AvgIpc) is 2.85. The zero-order valence-electron chi connectivity index (χ0n) is 10.0. The summed E-state index contributed by atoms with van der Waals surface area (Å²) in [4.78, 5) is 3.90. The van der Waals surface area contributed by atoms with Crippen LogP contribution in [0.15, 0.2) is 41.1 Å². The molecule has 2 rings (SSSR count). The second kappa shape index (κ2) is 5.64. The Balaban J connectivity index is 1.93. The lowest BCUT2D eigenvalue weighted by Gasteiger charge is -2.17. The molecule has 0 saturated heterocycles. The Morgan fingerprint density at radius 2 is 2.28 bits per heavy atom. The van der Waals surface area contributed by atoms with Crippen molar-refractivity contribution in [2.75, 3.05) is 5.32 Å². The van der Waals surface area contributed by atoms with Crippen LogP contribution >= 0.6 is 0 Å². The van der Waals surface area contributed by atoms with Crippen LogP contribution in [0.4, 0.5) is 10.2 Å². The number of aromatic nitrogens is 1. The number of pyridine rings is 1. The normalized spacial score (nSPS) is 14.2. The summed E-state index contributed by atoms with van der Waals surface area (Å²) in [6, 6.07) is 6.16. The van der Waals surface area contributed by atoms with Crippen LogP contribution in [0.3, 0.4) is 0 Å². The molecule has 4 nitrogen and oxygen atoms in total. The van der Waals surface area contributed by atoms with Gasteiger partial charge in [-0.25, -0.2) is 9.37 Å². The van der Waals surface area contributed by atoms with E-state index in [0.717, 1.165) is 0 Å². The first-order valence-electron chi connectivity index (χ1n) is 5.75. The van der Waals surface area contributed by atoms with Crippen LogP contribution in [0.1, 0.15) is 25.2 Å². The fraction of sp³-hybridized carbons (Fsp3) is 0.308. The molecule has 0 radical (unpaired) electrons. The molecular weight excluding hydrogens is 235 g/mol. The number of hydrogen-bond acceptors (Lipinski definition) is 4. The first kappa shape index (κ1) is 12.6. The molecule has 2 atom stereocenters. The van der Waals surface area contributed by atoms with Gasteiger partial charge in [-0.3, -0.25) is 0 Å². The van der Waals surface area contributed by atoms with Crippen LogP contribution in [-0.4, -0.2) is 16.1 Å². The molecule has 2 aromatic rings. The van der Waals surface area contributed by atoms with Crippen molar-refractivity contribution >= 4 is 5.82 Å². The predicted molar refractivity (Wildman–Crippen MR) is 65.6 cm³/mol. The summed E-state index contributed by atoms with van der Waals surface area (Å²) in [6.07, 6.45) is 2.72. The average molecular weight is 250 g/mol. The number of nitrogens with zero attached hydrogens (tertiary/aromatic N) is 1. The standard InChI is InChI=1S/C13H15FN2O2/c1-9(8-11(17)12-5-3-7-18-12)16-13-10(14)4-2-6-15-13/h2-7,9,11,17H,8H2,1H3,(H,15,16)/t9-,11-/m1/s1. The molecule has 0 saturated carbocycles. The van der Waals surface area contributed by atoms with E-state index in [4.69, 9.17) is 4.42 Å². The van der Waals surface area contributed by atoms with Crippen molar-refractivity contribution in [3.63, 3.8) is 0 Å². The van der Waals surface area contributed by atoms with Gasteiger partial charge in [-0.2, -0.15) is 0 Å². The van der Waals surface area contributed by atoms with Crippen LogP contribution in [0.2, 0.25) is 0 Å². The largest absolute Gasteiger partial charge is 0.467 e. The van der Waals surface area contributed by atoms with Gasteiger partial charge in [0.1, 0.15) is 11.9 Å². The summed E-state index contributed by atoms with van der Waals surface area (Å²) in [7, 11) is 0. The summed E-state index contributed by atoms with van der Waals surface area (Å²) in [6.45, 7) is 1.85. The highest BCUT2D eigenvalue weighted by molar-refractivity contribution is 5.36. The second-order valence-electron chi connectivity index (χ2n) is 4.15. The number of furan rings is 1. The highest BCUT2D eigenvalue weighted by Gasteiger charge is 2.15. The van der Waals surface area contributed by atoms with Gasteiger partial charge in [-0.05, 0) is 31.2 Å². The third kappa shape index (κ3) is 3.07. The number of anilines is 1. The van der Waals surface area contributed by atoms with Crippen LogP contribution in [0.5, 0.6) is 0 Å². The van der Waals surface area contributed by atoms with E-state index in [-0.39, 0.29) is 11.9 Å². The Bertz CT molecular complexity index is 487. The topological polar surface area (TPSA) is 58.3 Å². The fourth-order valence-electron chi connectivity index (χ4n) is 1.72. The Kier molecular flexibility index (Phi) is 3.94. The number of halogens is 1. The van der Waals surface area contributed by atoms with Gasteiger partial charge in [0.25, 0.3) is 0 Å². The molecule has 18 heavy (non-hydrogen) atoms. The molecule has 0 amide bonds. The minimum Gasteiger partial charge on any atom is -0.467 e. The maximum atomic E-state index is 13.4. The zero-order chi connectivity index (χ0) is 13.0. The summed E-state index contributed by atoms with van der Waals surface area (Å²) in [5.41, 5.74) is 0. The summed E-state index contributed by atoms with van der Waals surface area (Å²) < 4.78 is 18.5. The molecular formula is C13H15FN2O2.